The Labute approximate surface area is 198 Å². The molecular formula is C27H59ClNP. The van der Waals surface area contributed by atoms with Crippen LogP contribution in [-0.2, 0) is 0 Å². The molecule has 0 saturated carbocycles. The van der Waals surface area contributed by atoms with Gasteiger partial charge < -0.3 is 0 Å². The van der Waals surface area contributed by atoms with E-state index in [0.717, 1.165) is 6.54 Å². The van der Waals surface area contributed by atoms with Crippen LogP contribution in [0.4, 0.5) is 0 Å². The molecule has 0 aromatic heterocycles. The van der Waals surface area contributed by atoms with Crippen molar-refractivity contribution in [2.45, 2.75) is 136 Å². The maximum Gasteiger partial charge on any atom is -0.147 e. The first-order chi connectivity index (χ1) is 14.2. The molecule has 0 atom stereocenters. The van der Waals surface area contributed by atoms with Gasteiger partial charge >= 0.3 is 187 Å². The van der Waals surface area contributed by atoms with Gasteiger partial charge in [-0.1, -0.05) is 0 Å². The van der Waals surface area contributed by atoms with E-state index in [-0.39, 0.29) is 12.4 Å². The predicted octanol–water partition coefficient (Wildman–Crippen LogP) is 9.93. The van der Waals surface area contributed by atoms with Gasteiger partial charge in [-0.25, -0.2) is 0 Å². The van der Waals surface area contributed by atoms with Crippen molar-refractivity contribution in [3.63, 3.8) is 0 Å². The second-order valence-electron chi connectivity index (χ2n) is 9.50. The summed E-state index contributed by atoms with van der Waals surface area (Å²) < 4.78 is 0. The van der Waals surface area contributed by atoms with E-state index in [1.807, 2.05) is 0 Å². The first kappa shape index (κ1) is 32.6. The maximum atomic E-state index is 4.11. The number of rotatable bonds is 24. The maximum absolute atomic E-state index is 4.11. The number of unbranched alkanes of at least 4 members (excludes halogenated alkanes) is 15. The van der Waals surface area contributed by atoms with Crippen LogP contribution in [0.1, 0.15) is 136 Å². The minimum absolute atomic E-state index is 0. The van der Waals surface area contributed by atoms with Gasteiger partial charge in [0.25, 0.3) is 0 Å². The van der Waals surface area contributed by atoms with E-state index in [1.165, 1.54) is 134 Å². The van der Waals surface area contributed by atoms with Crippen LogP contribution in [0.15, 0.2) is 12.7 Å². The Balaban J connectivity index is 0. The summed E-state index contributed by atoms with van der Waals surface area (Å²) in [5.41, 5.74) is 0. The molecular weight excluding hydrogens is 405 g/mol. The van der Waals surface area contributed by atoms with Crippen molar-refractivity contribution in [1.82, 2.24) is 5.09 Å². The zero-order valence-corrected chi connectivity index (χ0v) is 23.1. The monoisotopic (exact) mass is 463 g/mol. The van der Waals surface area contributed by atoms with Gasteiger partial charge in [0.2, 0.25) is 0 Å². The van der Waals surface area contributed by atoms with Gasteiger partial charge in [0.05, 0.1) is 0 Å². The molecule has 184 valence electrons. The van der Waals surface area contributed by atoms with Gasteiger partial charge in [0.15, 0.2) is 0 Å². The Morgan fingerprint density at radius 2 is 0.833 bits per heavy atom. The molecule has 0 amide bonds. The molecule has 0 aromatic carbocycles. The Morgan fingerprint density at radius 3 is 1.13 bits per heavy atom. The van der Waals surface area contributed by atoms with Crippen molar-refractivity contribution in [3.8, 4) is 0 Å². The topological polar surface area (TPSA) is 12.0 Å². The van der Waals surface area contributed by atoms with Crippen molar-refractivity contribution >= 4 is 19.8 Å². The molecule has 0 bridgehead atoms. The summed E-state index contributed by atoms with van der Waals surface area (Å²) in [5.74, 6) is 0. The van der Waals surface area contributed by atoms with Crippen LogP contribution in [0, 0.1) is 0 Å². The SMILES string of the molecule is C=CCN[PH](CCCCCCCC)(CCCCCCCC)CCCCCCCC.Cl. The Hall–Kier alpha value is 0.420. The summed E-state index contributed by atoms with van der Waals surface area (Å²) in [5, 5.41) is 4.11. The van der Waals surface area contributed by atoms with Gasteiger partial charge in [0, 0.05) is 0 Å². The van der Waals surface area contributed by atoms with Crippen LogP contribution in [0.3, 0.4) is 0 Å². The van der Waals surface area contributed by atoms with Crippen molar-refractivity contribution < 1.29 is 0 Å². The standard InChI is InChI=1S/C27H58NP.ClH/c1-5-9-12-15-18-21-25-29(28-24-8-4,26-22-19-16-13-10-6-2)27-23-20-17-14-11-7-3;/h8,28-29H,4-7,9-27H2,1-3H3;1H. The second-order valence-corrected chi connectivity index (χ2v) is 13.9. The molecule has 0 aliphatic rings. The van der Waals surface area contributed by atoms with E-state index in [0.29, 0.717) is 0 Å². The van der Waals surface area contributed by atoms with Gasteiger partial charge in [-0.05, 0) is 0 Å². The Kier molecular flexibility index (Phi) is 27.9. The van der Waals surface area contributed by atoms with E-state index < -0.39 is 7.41 Å². The molecule has 0 radical (unpaired) electrons. The van der Waals surface area contributed by atoms with Crippen LogP contribution in [0.25, 0.3) is 0 Å². The fourth-order valence-corrected chi connectivity index (χ4v) is 9.30. The van der Waals surface area contributed by atoms with E-state index in [1.54, 1.807) is 0 Å². The predicted molar refractivity (Wildman–Crippen MR) is 148 cm³/mol. The molecule has 0 aromatic rings. The number of hydrogen-bond donors (Lipinski definition) is 1. The molecule has 0 saturated heterocycles. The summed E-state index contributed by atoms with van der Waals surface area (Å²) in [4.78, 5) is 0. The third-order valence-corrected chi connectivity index (χ3v) is 11.5. The normalized spacial score (nSPS) is 12.0. The molecule has 0 unspecified atom stereocenters. The molecule has 0 fully saturated rings. The average molecular weight is 464 g/mol. The van der Waals surface area contributed by atoms with Crippen LogP contribution in [-0.4, -0.2) is 25.0 Å². The summed E-state index contributed by atoms with van der Waals surface area (Å²) in [6, 6.07) is 0. The Bertz CT molecular complexity index is 294. The van der Waals surface area contributed by atoms with Crippen LogP contribution in [0.5, 0.6) is 0 Å². The zero-order chi connectivity index (χ0) is 21.5. The number of halogens is 1. The summed E-state index contributed by atoms with van der Waals surface area (Å²) in [6.07, 6.45) is 32.4. The quantitative estimate of drug-likeness (QED) is 0.0852. The van der Waals surface area contributed by atoms with E-state index in [9.17, 15) is 0 Å². The van der Waals surface area contributed by atoms with Gasteiger partial charge in [-0.15, -0.1) is 12.4 Å². The van der Waals surface area contributed by atoms with Crippen LogP contribution < -0.4 is 5.09 Å². The average Bonchev–Trinajstić information content (AvgIpc) is 2.74. The van der Waals surface area contributed by atoms with E-state index in [4.69, 9.17) is 0 Å². The molecule has 0 heterocycles. The number of hydrogen-bond acceptors (Lipinski definition) is 1. The molecule has 0 spiro atoms. The molecule has 3 heteroatoms. The van der Waals surface area contributed by atoms with Crippen LogP contribution >= 0.6 is 19.8 Å². The summed E-state index contributed by atoms with van der Waals surface area (Å²) in [6.45, 7) is 12.0. The first-order valence-electron chi connectivity index (χ1n) is 13.6. The van der Waals surface area contributed by atoms with E-state index >= 15 is 0 Å². The van der Waals surface area contributed by atoms with Gasteiger partial charge in [-0.3, -0.25) is 0 Å². The fourth-order valence-electron chi connectivity index (χ4n) is 4.66. The first-order valence-corrected chi connectivity index (χ1v) is 16.2. The van der Waals surface area contributed by atoms with Gasteiger partial charge in [0.1, 0.15) is 0 Å². The minimum Gasteiger partial charge on any atom is -0.147 e. The molecule has 1 nitrogen and oxygen atoms in total. The molecule has 0 aliphatic carbocycles. The molecule has 1 N–H and O–H groups in total. The second kappa shape index (κ2) is 25.7. The van der Waals surface area contributed by atoms with Crippen LogP contribution in [0.2, 0.25) is 0 Å². The fraction of sp³-hybridized carbons (Fsp3) is 0.926. The molecule has 0 rings (SSSR count). The number of nitrogens with one attached hydrogen (secondary N) is 1. The zero-order valence-electron chi connectivity index (χ0n) is 21.2. The third-order valence-electron chi connectivity index (χ3n) is 6.65. The van der Waals surface area contributed by atoms with Gasteiger partial charge in [-0.2, -0.15) is 0 Å². The van der Waals surface area contributed by atoms with Crippen molar-refractivity contribution in [2.24, 2.45) is 0 Å². The van der Waals surface area contributed by atoms with E-state index in [2.05, 4.69) is 38.5 Å². The van der Waals surface area contributed by atoms with Crippen molar-refractivity contribution in [2.75, 3.05) is 25.0 Å². The third kappa shape index (κ3) is 20.3. The molecule has 0 aliphatic heterocycles. The smallest absolute Gasteiger partial charge is 0.147 e. The summed E-state index contributed by atoms with van der Waals surface area (Å²) in [7, 11) is -1.34. The molecule has 30 heavy (non-hydrogen) atoms. The van der Waals surface area contributed by atoms with Crippen molar-refractivity contribution in [1.29, 1.82) is 0 Å². The largest absolute Gasteiger partial charge is 0.147 e. The van der Waals surface area contributed by atoms with Crippen molar-refractivity contribution in [3.05, 3.63) is 12.7 Å². The minimum atomic E-state index is -1.34. The summed E-state index contributed by atoms with van der Waals surface area (Å²) >= 11 is 0. The Morgan fingerprint density at radius 1 is 0.533 bits per heavy atom.